The number of hydrogen-bond acceptors (Lipinski definition) is 11. The first-order chi connectivity index (χ1) is 21.3. The standard InChI is InChI=1S/C15H13N3O4S.C13H11N3O4S2/c1-18-13(15(20)17-12-8-4-5-9-16-12)14(19)10-6-2-3-7-11(10)23(18,21)22;1-7-6-14-13(21-7)15-12(18)10-11(17)8-4-2-3-5-9(8)22(19,20)16-10/h2-9,19H,1H3,(H,16,17,20);2-6,16-17H,1H3,(H,14,15,18). The Hall–Kier alpha value is -5.26. The Balaban J connectivity index is 0.000000178. The predicted molar refractivity (Wildman–Crippen MR) is 166 cm³/mol. The molecule has 0 fully saturated rings. The molecule has 5 N–H and O–H groups in total. The van der Waals surface area contributed by atoms with E-state index in [1.54, 1.807) is 42.6 Å². The van der Waals surface area contributed by atoms with Crippen LogP contribution in [0.4, 0.5) is 10.9 Å². The van der Waals surface area contributed by atoms with E-state index in [1.165, 1.54) is 54.9 Å². The molecule has 0 unspecified atom stereocenters. The number of aliphatic hydroxyl groups excluding tert-OH is 2. The number of aryl methyl sites for hydroxylation is 1. The number of anilines is 2. The van der Waals surface area contributed by atoms with Crippen LogP contribution in [0.2, 0.25) is 0 Å². The lowest BCUT2D eigenvalue weighted by Crippen LogP contribution is -2.37. The molecule has 2 aromatic heterocycles. The number of likely N-dealkylation sites (N-methyl/N-ethyl adjacent to an activating group) is 1. The van der Waals surface area contributed by atoms with Crippen LogP contribution in [-0.4, -0.2) is 60.2 Å². The SMILES string of the molecule is CN1C(C(=O)Nc2ccccn2)=C(O)c2ccccc2S1(=O)=O.Cc1cnc(NC(=O)C2=C(O)c3ccccc3S(=O)(=O)N2)s1. The van der Waals surface area contributed by atoms with Crippen molar-refractivity contribution in [2.45, 2.75) is 16.7 Å². The zero-order valence-corrected chi connectivity index (χ0v) is 25.9. The van der Waals surface area contributed by atoms with Crippen LogP contribution >= 0.6 is 11.3 Å². The van der Waals surface area contributed by atoms with Crippen LogP contribution < -0.4 is 15.4 Å². The van der Waals surface area contributed by atoms with Crippen LogP contribution in [0.3, 0.4) is 0 Å². The second-order valence-corrected chi connectivity index (χ2v) is 14.2. The third kappa shape index (κ3) is 6.08. The van der Waals surface area contributed by atoms with Gasteiger partial charge in [-0.05, 0) is 43.3 Å². The average molecular weight is 669 g/mol. The van der Waals surface area contributed by atoms with Gasteiger partial charge in [0.15, 0.2) is 28.0 Å². The Morgan fingerprint density at radius 1 is 0.822 bits per heavy atom. The number of amides is 2. The molecule has 14 nitrogen and oxygen atoms in total. The van der Waals surface area contributed by atoms with E-state index in [0.717, 1.165) is 9.18 Å². The van der Waals surface area contributed by atoms with Gasteiger partial charge in [0.25, 0.3) is 31.9 Å². The van der Waals surface area contributed by atoms with Crippen molar-refractivity contribution in [1.82, 2.24) is 19.0 Å². The van der Waals surface area contributed by atoms with Gasteiger partial charge < -0.3 is 15.5 Å². The van der Waals surface area contributed by atoms with E-state index in [-0.39, 0.29) is 32.4 Å². The molecule has 0 saturated carbocycles. The lowest BCUT2D eigenvalue weighted by atomic mass is 10.1. The summed E-state index contributed by atoms with van der Waals surface area (Å²) in [5.41, 5.74) is -0.598. The van der Waals surface area contributed by atoms with Gasteiger partial charge in [0.05, 0.1) is 9.79 Å². The number of rotatable bonds is 4. The van der Waals surface area contributed by atoms with Crippen molar-refractivity contribution in [2.75, 3.05) is 17.7 Å². The van der Waals surface area contributed by atoms with Crippen LogP contribution in [0.15, 0.2) is 100 Å². The van der Waals surface area contributed by atoms with Gasteiger partial charge in [-0.15, -0.1) is 11.3 Å². The number of hydrogen-bond donors (Lipinski definition) is 5. The number of thiazole rings is 1. The van der Waals surface area contributed by atoms with Gasteiger partial charge in [-0.25, -0.2) is 26.8 Å². The number of pyridine rings is 1. The highest BCUT2D eigenvalue weighted by Crippen LogP contribution is 2.34. The molecule has 0 radical (unpaired) electrons. The summed E-state index contributed by atoms with van der Waals surface area (Å²) < 4.78 is 52.1. The molecule has 232 valence electrons. The zero-order chi connectivity index (χ0) is 32.5. The zero-order valence-electron chi connectivity index (χ0n) is 23.4. The Kier molecular flexibility index (Phi) is 8.33. The number of nitrogens with zero attached hydrogens (tertiary/aromatic N) is 3. The minimum atomic E-state index is -3.91. The van der Waals surface area contributed by atoms with Crippen molar-refractivity contribution in [3.8, 4) is 0 Å². The van der Waals surface area contributed by atoms with Crippen molar-refractivity contribution in [3.63, 3.8) is 0 Å². The number of benzene rings is 2. The van der Waals surface area contributed by atoms with Crippen LogP contribution in [-0.2, 0) is 29.6 Å². The molecule has 0 spiro atoms. The number of sulfonamides is 2. The molecule has 0 atom stereocenters. The summed E-state index contributed by atoms with van der Waals surface area (Å²) >= 11 is 1.24. The molecule has 6 rings (SSSR count). The summed E-state index contributed by atoms with van der Waals surface area (Å²) in [5.74, 6) is -2.10. The van der Waals surface area contributed by atoms with Gasteiger partial charge in [-0.1, -0.05) is 30.3 Å². The van der Waals surface area contributed by atoms with E-state index in [2.05, 4.69) is 25.3 Å². The van der Waals surface area contributed by atoms with Crippen LogP contribution in [0.25, 0.3) is 11.5 Å². The third-order valence-electron chi connectivity index (χ3n) is 6.42. The van der Waals surface area contributed by atoms with E-state index < -0.39 is 49.1 Å². The van der Waals surface area contributed by atoms with E-state index >= 15 is 0 Å². The smallest absolute Gasteiger partial charge is 0.278 e. The molecule has 2 aromatic carbocycles. The predicted octanol–water partition coefficient (Wildman–Crippen LogP) is 3.19. The highest BCUT2D eigenvalue weighted by atomic mass is 32.2. The number of carbonyl (C=O) groups is 2. The normalized spacial score (nSPS) is 15.9. The fourth-order valence-corrected chi connectivity index (χ4v) is 7.63. The Bertz CT molecular complexity index is 2110. The summed E-state index contributed by atoms with van der Waals surface area (Å²) in [7, 11) is -6.59. The molecular formula is C28H24N6O8S3. The molecule has 45 heavy (non-hydrogen) atoms. The first-order valence-corrected chi connectivity index (χ1v) is 16.6. The van der Waals surface area contributed by atoms with Crippen molar-refractivity contribution in [1.29, 1.82) is 0 Å². The number of carbonyl (C=O) groups excluding carboxylic acids is 2. The highest BCUT2D eigenvalue weighted by molar-refractivity contribution is 7.90. The summed E-state index contributed by atoms with van der Waals surface area (Å²) in [6.45, 7) is 1.82. The topological polar surface area (TPSA) is 208 Å². The molecule has 0 aliphatic carbocycles. The maximum atomic E-state index is 12.5. The number of aliphatic hydroxyl groups is 2. The first kappa shape index (κ1) is 31.2. The number of aromatic nitrogens is 2. The minimum Gasteiger partial charge on any atom is -0.505 e. The number of nitrogens with one attached hydrogen (secondary N) is 3. The summed E-state index contributed by atoms with van der Waals surface area (Å²) in [4.78, 5) is 33.3. The lowest BCUT2D eigenvalue weighted by Gasteiger charge is -2.28. The maximum absolute atomic E-state index is 12.5. The molecule has 2 aliphatic rings. The largest absolute Gasteiger partial charge is 0.505 e. The monoisotopic (exact) mass is 668 g/mol. The van der Waals surface area contributed by atoms with E-state index in [0.29, 0.717) is 5.13 Å². The van der Waals surface area contributed by atoms with Crippen molar-refractivity contribution in [2.24, 2.45) is 0 Å². The minimum absolute atomic E-state index is 0.0469. The second kappa shape index (κ2) is 12.0. The van der Waals surface area contributed by atoms with Crippen LogP contribution in [0, 0.1) is 6.92 Å². The van der Waals surface area contributed by atoms with E-state index in [4.69, 9.17) is 0 Å². The Morgan fingerprint density at radius 3 is 2.07 bits per heavy atom. The van der Waals surface area contributed by atoms with Crippen molar-refractivity contribution >= 4 is 65.7 Å². The summed E-state index contributed by atoms with van der Waals surface area (Å²) in [5, 5.41) is 25.8. The fourth-order valence-electron chi connectivity index (χ4n) is 4.29. The number of fused-ring (bicyclic) bond motifs is 2. The molecule has 0 saturated heterocycles. The van der Waals surface area contributed by atoms with Crippen molar-refractivity contribution < 1.29 is 36.6 Å². The summed E-state index contributed by atoms with van der Waals surface area (Å²) in [6, 6.07) is 16.8. The van der Waals surface area contributed by atoms with Crippen LogP contribution in [0.5, 0.6) is 0 Å². The van der Waals surface area contributed by atoms with Gasteiger partial charge in [-0.3, -0.25) is 23.9 Å². The first-order valence-electron chi connectivity index (χ1n) is 12.8. The Morgan fingerprint density at radius 2 is 1.44 bits per heavy atom. The molecular weight excluding hydrogens is 645 g/mol. The molecule has 4 aromatic rings. The fraction of sp³-hybridized carbons (Fsp3) is 0.0714. The van der Waals surface area contributed by atoms with Gasteiger partial charge in [0.1, 0.15) is 5.82 Å². The molecule has 2 amide bonds. The van der Waals surface area contributed by atoms with E-state index in [9.17, 15) is 36.6 Å². The average Bonchev–Trinajstić information content (AvgIpc) is 3.43. The van der Waals surface area contributed by atoms with Gasteiger partial charge in [-0.2, -0.15) is 0 Å². The van der Waals surface area contributed by atoms with Crippen molar-refractivity contribution in [3.05, 3.63) is 107 Å². The molecule has 0 bridgehead atoms. The Labute approximate surface area is 261 Å². The van der Waals surface area contributed by atoms with Gasteiger partial charge in [0, 0.05) is 35.4 Å². The highest BCUT2D eigenvalue weighted by Gasteiger charge is 2.38. The lowest BCUT2D eigenvalue weighted by molar-refractivity contribution is -0.114. The molecule has 17 heteroatoms. The van der Waals surface area contributed by atoms with Gasteiger partial charge in [0.2, 0.25) is 0 Å². The summed E-state index contributed by atoms with van der Waals surface area (Å²) in [6.07, 6.45) is 3.06. The maximum Gasteiger partial charge on any atom is 0.278 e. The second-order valence-electron chi connectivity index (χ2n) is 9.39. The van der Waals surface area contributed by atoms with E-state index in [1.807, 2.05) is 6.92 Å². The van der Waals surface area contributed by atoms with Crippen LogP contribution in [0.1, 0.15) is 16.0 Å². The quantitative estimate of drug-likeness (QED) is 0.215. The van der Waals surface area contributed by atoms with Gasteiger partial charge >= 0.3 is 0 Å². The molecule has 4 heterocycles. The molecule has 2 aliphatic heterocycles. The third-order valence-corrected chi connectivity index (χ3v) is 10.5.